The first-order valence-corrected chi connectivity index (χ1v) is 12.8. The predicted octanol–water partition coefficient (Wildman–Crippen LogP) is 3.01. The molecule has 0 unspecified atom stereocenters. The van der Waals surface area contributed by atoms with E-state index in [9.17, 15) is 9.59 Å². The predicted molar refractivity (Wildman–Crippen MR) is 137 cm³/mol. The van der Waals surface area contributed by atoms with Crippen LogP contribution in [0.4, 0.5) is 0 Å². The summed E-state index contributed by atoms with van der Waals surface area (Å²) in [5.74, 6) is 0.944. The van der Waals surface area contributed by atoms with Gasteiger partial charge in [0, 0.05) is 44.6 Å². The van der Waals surface area contributed by atoms with Crippen molar-refractivity contribution in [3.63, 3.8) is 0 Å². The summed E-state index contributed by atoms with van der Waals surface area (Å²) in [6, 6.07) is 17.2. The number of amides is 2. The molecule has 2 fully saturated rings. The smallest absolute Gasteiger partial charge is 0.253 e. The quantitative estimate of drug-likeness (QED) is 0.600. The number of rotatable bonds is 9. The fourth-order valence-electron chi connectivity index (χ4n) is 5.37. The molecule has 2 amide bonds. The number of carbonyl (C=O) groups excluding carboxylic acids is 2. The second kappa shape index (κ2) is 11.2. The fourth-order valence-corrected chi connectivity index (χ4v) is 5.37. The maximum atomic E-state index is 13.6. The van der Waals surface area contributed by atoms with Crippen molar-refractivity contribution in [1.29, 1.82) is 0 Å². The van der Waals surface area contributed by atoms with E-state index >= 15 is 0 Å². The number of likely N-dealkylation sites (tertiary alicyclic amines) is 1. The van der Waals surface area contributed by atoms with Crippen LogP contribution in [0.3, 0.4) is 0 Å². The van der Waals surface area contributed by atoms with E-state index in [0.29, 0.717) is 31.6 Å². The maximum Gasteiger partial charge on any atom is 0.253 e. The van der Waals surface area contributed by atoms with Gasteiger partial charge < -0.3 is 19.4 Å². The minimum Gasteiger partial charge on any atom is -0.497 e. The third-order valence-electron chi connectivity index (χ3n) is 7.56. The molecule has 2 saturated heterocycles. The summed E-state index contributed by atoms with van der Waals surface area (Å²) in [6.07, 6.45) is 2.13. The fraction of sp³-hybridized carbons (Fsp3) is 0.500. The van der Waals surface area contributed by atoms with Gasteiger partial charge in [-0.1, -0.05) is 44.2 Å². The molecule has 2 aliphatic heterocycles. The number of nitrogens with zero attached hydrogens (tertiary/aromatic N) is 3. The monoisotopic (exact) mass is 478 g/mol. The minimum absolute atomic E-state index is 0.0300. The Balaban J connectivity index is 1.48. The Hall–Kier alpha value is -2.90. The SMILES string of the molecule is CCN(CC)CCN1C(=O)[C@@H](Cc2ccccc2)NC12CCN(C(=O)c1ccc(OC)cc1)CC2. The van der Waals surface area contributed by atoms with Crippen molar-refractivity contribution >= 4 is 11.8 Å². The van der Waals surface area contributed by atoms with E-state index < -0.39 is 5.66 Å². The average Bonchev–Trinajstić information content (AvgIpc) is 3.15. The lowest BCUT2D eigenvalue weighted by Gasteiger charge is -2.45. The lowest BCUT2D eigenvalue weighted by atomic mass is 9.95. The van der Waals surface area contributed by atoms with Gasteiger partial charge in [-0.2, -0.15) is 0 Å². The van der Waals surface area contributed by atoms with Gasteiger partial charge in [0.05, 0.1) is 18.8 Å². The van der Waals surface area contributed by atoms with E-state index in [1.54, 1.807) is 7.11 Å². The van der Waals surface area contributed by atoms with Crippen LogP contribution < -0.4 is 10.1 Å². The summed E-state index contributed by atoms with van der Waals surface area (Å²) in [5.41, 5.74) is 1.42. The number of hydrogen-bond donors (Lipinski definition) is 1. The Bertz CT molecular complexity index is 983. The molecule has 2 aliphatic rings. The van der Waals surface area contributed by atoms with Crippen molar-refractivity contribution < 1.29 is 14.3 Å². The Labute approximate surface area is 209 Å². The molecule has 2 aromatic carbocycles. The molecule has 2 aromatic rings. The first-order chi connectivity index (χ1) is 17.0. The summed E-state index contributed by atoms with van der Waals surface area (Å²) < 4.78 is 5.21. The first kappa shape index (κ1) is 25.2. The molecule has 4 rings (SSSR count). The van der Waals surface area contributed by atoms with Gasteiger partial charge in [-0.15, -0.1) is 0 Å². The highest BCUT2D eigenvalue weighted by Gasteiger charge is 2.51. The van der Waals surface area contributed by atoms with Crippen LogP contribution in [0.15, 0.2) is 54.6 Å². The van der Waals surface area contributed by atoms with E-state index in [-0.39, 0.29) is 17.9 Å². The number of nitrogens with one attached hydrogen (secondary N) is 1. The van der Waals surface area contributed by atoms with Gasteiger partial charge in [0.2, 0.25) is 5.91 Å². The van der Waals surface area contributed by atoms with Crippen LogP contribution in [0.2, 0.25) is 0 Å². The molecule has 0 saturated carbocycles. The molecule has 35 heavy (non-hydrogen) atoms. The van der Waals surface area contributed by atoms with Crippen molar-refractivity contribution in [2.75, 3.05) is 46.4 Å². The van der Waals surface area contributed by atoms with Crippen LogP contribution in [-0.4, -0.2) is 84.6 Å². The topological polar surface area (TPSA) is 65.1 Å². The Morgan fingerprint density at radius 3 is 2.31 bits per heavy atom. The Morgan fingerprint density at radius 1 is 1.06 bits per heavy atom. The van der Waals surface area contributed by atoms with E-state index in [0.717, 1.165) is 43.8 Å². The molecule has 0 aliphatic carbocycles. The van der Waals surface area contributed by atoms with Crippen molar-refractivity contribution in [2.24, 2.45) is 0 Å². The molecule has 188 valence electrons. The zero-order valence-corrected chi connectivity index (χ0v) is 21.2. The van der Waals surface area contributed by atoms with Gasteiger partial charge in [-0.3, -0.25) is 14.9 Å². The highest BCUT2D eigenvalue weighted by atomic mass is 16.5. The molecule has 0 bridgehead atoms. The number of hydrogen-bond acceptors (Lipinski definition) is 5. The van der Waals surface area contributed by atoms with Crippen LogP contribution in [0.25, 0.3) is 0 Å². The largest absolute Gasteiger partial charge is 0.497 e. The summed E-state index contributed by atoms with van der Waals surface area (Å²) in [6.45, 7) is 9.04. The third kappa shape index (κ3) is 5.52. The Morgan fingerprint density at radius 2 is 1.71 bits per heavy atom. The highest BCUT2D eigenvalue weighted by Crippen LogP contribution is 2.34. The average molecular weight is 479 g/mol. The number of benzene rings is 2. The molecular formula is C28H38N4O3. The van der Waals surface area contributed by atoms with Gasteiger partial charge in [0.1, 0.15) is 5.75 Å². The van der Waals surface area contributed by atoms with Crippen LogP contribution in [0, 0.1) is 0 Å². The molecule has 0 radical (unpaired) electrons. The molecule has 7 heteroatoms. The number of likely N-dealkylation sites (N-methyl/N-ethyl adjacent to an activating group) is 1. The van der Waals surface area contributed by atoms with Crippen molar-refractivity contribution in [1.82, 2.24) is 20.0 Å². The lowest BCUT2D eigenvalue weighted by Crippen LogP contribution is -2.60. The van der Waals surface area contributed by atoms with Gasteiger partial charge in [0.15, 0.2) is 0 Å². The lowest BCUT2D eigenvalue weighted by molar-refractivity contribution is -0.133. The van der Waals surface area contributed by atoms with Crippen LogP contribution >= 0.6 is 0 Å². The number of carbonyl (C=O) groups is 2. The van der Waals surface area contributed by atoms with E-state index in [1.807, 2.05) is 47.4 Å². The van der Waals surface area contributed by atoms with E-state index in [4.69, 9.17) is 4.74 Å². The van der Waals surface area contributed by atoms with Gasteiger partial charge in [-0.05, 0) is 49.3 Å². The van der Waals surface area contributed by atoms with Crippen molar-refractivity contribution in [3.8, 4) is 5.75 Å². The molecule has 0 aromatic heterocycles. The minimum atomic E-state index is -0.402. The van der Waals surface area contributed by atoms with Crippen LogP contribution in [-0.2, 0) is 11.2 Å². The van der Waals surface area contributed by atoms with Gasteiger partial charge in [-0.25, -0.2) is 0 Å². The highest BCUT2D eigenvalue weighted by molar-refractivity contribution is 5.94. The molecular weight excluding hydrogens is 440 g/mol. The van der Waals surface area contributed by atoms with Crippen LogP contribution in [0.5, 0.6) is 5.75 Å². The molecule has 1 spiro atoms. The number of piperidine rings is 1. The molecule has 2 heterocycles. The van der Waals surface area contributed by atoms with Gasteiger partial charge >= 0.3 is 0 Å². The van der Waals surface area contributed by atoms with Crippen molar-refractivity contribution in [3.05, 3.63) is 65.7 Å². The normalized spacial score (nSPS) is 19.5. The van der Waals surface area contributed by atoms with E-state index in [1.165, 1.54) is 0 Å². The molecule has 1 N–H and O–H groups in total. The summed E-state index contributed by atoms with van der Waals surface area (Å²) in [5, 5.41) is 3.73. The van der Waals surface area contributed by atoms with Gasteiger partial charge in [0.25, 0.3) is 5.91 Å². The molecule has 1 atom stereocenters. The second-order valence-corrected chi connectivity index (χ2v) is 9.46. The zero-order valence-electron chi connectivity index (χ0n) is 21.2. The standard InChI is InChI=1S/C28H38N4O3/c1-4-30(5-2)19-20-32-27(34)25(21-22-9-7-6-8-10-22)29-28(32)15-17-31(18-16-28)26(33)23-11-13-24(35-3)14-12-23/h6-14,25,29H,4-5,15-21H2,1-3H3/t25-/m1/s1. The summed E-state index contributed by atoms with van der Waals surface area (Å²) in [7, 11) is 1.62. The van der Waals surface area contributed by atoms with Crippen molar-refractivity contribution in [2.45, 2.75) is 44.8 Å². The summed E-state index contributed by atoms with van der Waals surface area (Å²) in [4.78, 5) is 33.1. The Kier molecular flexibility index (Phi) is 8.08. The number of methoxy groups -OCH3 is 1. The first-order valence-electron chi connectivity index (χ1n) is 12.8. The van der Waals surface area contributed by atoms with Crippen LogP contribution in [0.1, 0.15) is 42.6 Å². The zero-order chi connectivity index (χ0) is 24.8. The van der Waals surface area contributed by atoms with E-state index in [2.05, 4.69) is 41.1 Å². The summed E-state index contributed by atoms with van der Waals surface area (Å²) >= 11 is 0. The second-order valence-electron chi connectivity index (χ2n) is 9.46. The third-order valence-corrected chi connectivity index (χ3v) is 7.56. The maximum absolute atomic E-state index is 13.6. The number of ether oxygens (including phenoxy) is 1. The molecule has 7 nitrogen and oxygen atoms in total.